The number of amides is 1. The second-order valence-electron chi connectivity index (χ2n) is 6.66. The predicted octanol–water partition coefficient (Wildman–Crippen LogP) is 3.52. The molecular weight excluding hydrogens is 320 g/mol. The molecule has 126 valence electrons. The molecular formula is C18H22N4OS. The van der Waals surface area contributed by atoms with E-state index in [4.69, 9.17) is 0 Å². The lowest BCUT2D eigenvalue weighted by Crippen LogP contribution is -2.42. The number of hydrogen-bond donors (Lipinski definition) is 1. The highest BCUT2D eigenvalue weighted by Crippen LogP contribution is 2.36. The SMILES string of the molecule is O=C(c1ccccc1)N1CCC(Nc2nc(C3CCC3)ns2)CC1. The summed E-state index contributed by atoms with van der Waals surface area (Å²) in [6.45, 7) is 1.58. The number of hydrogen-bond acceptors (Lipinski definition) is 5. The van der Waals surface area contributed by atoms with Gasteiger partial charge in [0.1, 0.15) is 5.82 Å². The normalized spacial score (nSPS) is 19.1. The lowest BCUT2D eigenvalue weighted by Gasteiger charge is -2.32. The van der Waals surface area contributed by atoms with Crippen LogP contribution >= 0.6 is 11.5 Å². The molecule has 1 saturated carbocycles. The van der Waals surface area contributed by atoms with Crippen LogP contribution in [0.3, 0.4) is 0 Å². The summed E-state index contributed by atoms with van der Waals surface area (Å²) < 4.78 is 4.49. The Kier molecular flexibility index (Phi) is 4.47. The molecule has 1 N–H and O–H groups in total. The van der Waals surface area contributed by atoms with Crippen LogP contribution in [-0.4, -0.2) is 39.3 Å². The van der Waals surface area contributed by atoms with Crippen LogP contribution in [0.4, 0.5) is 5.13 Å². The largest absolute Gasteiger partial charge is 0.357 e. The van der Waals surface area contributed by atoms with E-state index in [2.05, 4.69) is 14.7 Å². The highest BCUT2D eigenvalue weighted by Gasteiger charge is 2.26. The van der Waals surface area contributed by atoms with Crippen molar-refractivity contribution in [2.75, 3.05) is 18.4 Å². The third-order valence-electron chi connectivity index (χ3n) is 5.04. The van der Waals surface area contributed by atoms with E-state index in [9.17, 15) is 4.79 Å². The van der Waals surface area contributed by atoms with Crippen LogP contribution in [0.1, 0.15) is 54.2 Å². The number of benzene rings is 1. The van der Waals surface area contributed by atoms with Crippen LogP contribution in [-0.2, 0) is 0 Å². The molecule has 2 heterocycles. The van der Waals surface area contributed by atoms with Crippen molar-refractivity contribution in [2.45, 2.75) is 44.1 Å². The molecule has 0 bridgehead atoms. The monoisotopic (exact) mass is 342 g/mol. The zero-order chi connectivity index (χ0) is 16.4. The van der Waals surface area contributed by atoms with Gasteiger partial charge in [0, 0.05) is 42.1 Å². The first-order chi connectivity index (χ1) is 11.8. The van der Waals surface area contributed by atoms with E-state index in [0.717, 1.165) is 42.5 Å². The molecule has 1 aromatic heterocycles. The Hall–Kier alpha value is -1.95. The highest BCUT2D eigenvalue weighted by molar-refractivity contribution is 7.09. The number of likely N-dealkylation sites (tertiary alicyclic amines) is 1. The summed E-state index contributed by atoms with van der Waals surface area (Å²) in [4.78, 5) is 19.1. The van der Waals surface area contributed by atoms with Gasteiger partial charge in [0.15, 0.2) is 0 Å². The summed E-state index contributed by atoms with van der Waals surface area (Å²) in [5, 5.41) is 4.45. The molecule has 1 saturated heterocycles. The molecule has 0 unspecified atom stereocenters. The maximum atomic E-state index is 12.5. The van der Waals surface area contributed by atoms with Gasteiger partial charge in [0.05, 0.1) is 0 Å². The van der Waals surface area contributed by atoms with E-state index in [1.165, 1.54) is 30.8 Å². The standard InChI is InChI=1S/C18H22N4OS/c23-17(14-5-2-1-3-6-14)22-11-9-15(10-12-22)19-18-20-16(21-24-18)13-7-4-8-13/h1-3,5-6,13,15H,4,7-12H2,(H,19,20,21). The number of carbonyl (C=O) groups excluding carboxylic acids is 1. The molecule has 0 atom stereocenters. The average molecular weight is 342 g/mol. The molecule has 1 amide bonds. The van der Waals surface area contributed by atoms with Crippen molar-refractivity contribution in [3.05, 3.63) is 41.7 Å². The van der Waals surface area contributed by atoms with Gasteiger partial charge in [0.25, 0.3) is 5.91 Å². The van der Waals surface area contributed by atoms with Crippen LogP contribution in [0.15, 0.2) is 30.3 Å². The van der Waals surface area contributed by atoms with Crippen molar-refractivity contribution in [1.82, 2.24) is 14.3 Å². The van der Waals surface area contributed by atoms with Gasteiger partial charge in [0.2, 0.25) is 5.13 Å². The summed E-state index contributed by atoms with van der Waals surface area (Å²) in [6.07, 6.45) is 5.68. The molecule has 0 spiro atoms. The molecule has 2 fully saturated rings. The minimum Gasteiger partial charge on any atom is -0.357 e. The van der Waals surface area contributed by atoms with Gasteiger partial charge in [-0.3, -0.25) is 4.79 Å². The number of anilines is 1. The number of rotatable bonds is 4. The molecule has 1 aromatic carbocycles. The van der Waals surface area contributed by atoms with Crippen LogP contribution in [0, 0.1) is 0 Å². The summed E-state index contributed by atoms with van der Waals surface area (Å²) >= 11 is 1.47. The Morgan fingerprint density at radius 3 is 2.54 bits per heavy atom. The van der Waals surface area contributed by atoms with Gasteiger partial charge >= 0.3 is 0 Å². The van der Waals surface area contributed by atoms with Crippen molar-refractivity contribution in [1.29, 1.82) is 0 Å². The second-order valence-corrected chi connectivity index (χ2v) is 7.41. The number of carbonyl (C=O) groups is 1. The molecule has 4 rings (SSSR count). The Morgan fingerprint density at radius 1 is 1.12 bits per heavy atom. The predicted molar refractivity (Wildman–Crippen MR) is 95.5 cm³/mol. The smallest absolute Gasteiger partial charge is 0.253 e. The van der Waals surface area contributed by atoms with E-state index in [1.54, 1.807) is 0 Å². The first-order valence-electron chi connectivity index (χ1n) is 8.74. The summed E-state index contributed by atoms with van der Waals surface area (Å²) in [5.74, 6) is 1.74. The Morgan fingerprint density at radius 2 is 1.88 bits per heavy atom. The first kappa shape index (κ1) is 15.6. The molecule has 0 radical (unpaired) electrons. The van der Waals surface area contributed by atoms with E-state index < -0.39 is 0 Å². The van der Waals surface area contributed by atoms with Gasteiger partial charge in [-0.1, -0.05) is 24.6 Å². The molecule has 1 aliphatic heterocycles. The van der Waals surface area contributed by atoms with Crippen LogP contribution < -0.4 is 5.32 Å². The van der Waals surface area contributed by atoms with Crippen molar-refractivity contribution >= 4 is 22.6 Å². The average Bonchev–Trinajstić information content (AvgIpc) is 3.02. The molecule has 2 aromatic rings. The lowest BCUT2D eigenvalue weighted by atomic mass is 9.85. The fourth-order valence-electron chi connectivity index (χ4n) is 3.29. The minimum atomic E-state index is 0.136. The zero-order valence-electron chi connectivity index (χ0n) is 13.6. The van der Waals surface area contributed by atoms with Crippen molar-refractivity contribution in [3.63, 3.8) is 0 Å². The van der Waals surface area contributed by atoms with E-state index in [1.807, 2.05) is 35.2 Å². The number of aromatic nitrogens is 2. The zero-order valence-corrected chi connectivity index (χ0v) is 14.5. The van der Waals surface area contributed by atoms with Crippen LogP contribution in [0.5, 0.6) is 0 Å². The Bertz CT molecular complexity index is 690. The van der Waals surface area contributed by atoms with Crippen molar-refractivity contribution < 1.29 is 4.79 Å². The van der Waals surface area contributed by atoms with Crippen LogP contribution in [0.25, 0.3) is 0 Å². The third-order valence-corrected chi connectivity index (χ3v) is 5.70. The van der Waals surface area contributed by atoms with Gasteiger partial charge in [-0.15, -0.1) is 0 Å². The maximum Gasteiger partial charge on any atom is 0.253 e. The minimum absolute atomic E-state index is 0.136. The first-order valence-corrected chi connectivity index (χ1v) is 9.51. The van der Waals surface area contributed by atoms with Crippen molar-refractivity contribution in [2.24, 2.45) is 0 Å². The van der Waals surface area contributed by atoms with Crippen LogP contribution in [0.2, 0.25) is 0 Å². The number of nitrogens with one attached hydrogen (secondary N) is 1. The Labute approximate surface area is 146 Å². The topological polar surface area (TPSA) is 58.1 Å². The lowest BCUT2D eigenvalue weighted by molar-refractivity contribution is 0.0718. The summed E-state index contributed by atoms with van der Waals surface area (Å²) in [7, 11) is 0. The number of piperidine rings is 1. The summed E-state index contributed by atoms with van der Waals surface area (Å²) in [5.41, 5.74) is 0.776. The van der Waals surface area contributed by atoms with E-state index in [-0.39, 0.29) is 5.91 Å². The Balaban J connectivity index is 1.30. The van der Waals surface area contributed by atoms with E-state index >= 15 is 0 Å². The second kappa shape index (κ2) is 6.89. The van der Waals surface area contributed by atoms with Gasteiger partial charge in [-0.05, 0) is 37.8 Å². The molecule has 5 nitrogen and oxygen atoms in total. The molecule has 24 heavy (non-hydrogen) atoms. The number of nitrogens with zero attached hydrogens (tertiary/aromatic N) is 3. The fraction of sp³-hybridized carbons (Fsp3) is 0.500. The van der Waals surface area contributed by atoms with Gasteiger partial charge < -0.3 is 10.2 Å². The van der Waals surface area contributed by atoms with E-state index in [0.29, 0.717) is 12.0 Å². The molecule has 1 aliphatic carbocycles. The molecule has 6 heteroatoms. The quantitative estimate of drug-likeness (QED) is 0.923. The van der Waals surface area contributed by atoms with Crippen molar-refractivity contribution in [3.8, 4) is 0 Å². The van der Waals surface area contributed by atoms with Gasteiger partial charge in [-0.25, -0.2) is 4.98 Å². The highest BCUT2D eigenvalue weighted by atomic mass is 32.1. The maximum absolute atomic E-state index is 12.5. The summed E-state index contributed by atoms with van der Waals surface area (Å²) in [6, 6.07) is 9.92. The fourth-order valence-corrected chi connectivity index (χ4v) is 4.01. The third kappa shape index (κ3) is 3.29. The molecule has 2 aliphatic rings. The van der Waals surface area contributed by atoms with Gasteiger partial charge in [-0.2, -0.15) is 4.37 Å².